The molecule has 4 heteroatoms. The maximum Gasteiger partial charge on any atom is 0.161 e. The summed E-state index contributed by atoms with van der Waals surface area (Å²) in [5, 5.41) is 3.36. The van der Waals surface area contributed by atoms with Gasteiger partial charge in [-0.1, -0.05) is 6.07 Å². The molecule has 0 spiro atoms. The molecule has 0 atom stereocenters. The van der Waals surface area contributed by atoms with Crippen molar-refractivity contribution >= 4 is 0 Å². The quantitative estimate of drug-likeness (QED) is 0.856. The van der Waals surface area contributed by atoms with Crippen LogP contribution in [0.1, 0.15) is 18.4 Å². The van der Waals surface area contributed by atoms with Crippen LogP contribution in [0.2, 0.25) is 0 Å². The third-order valence-electron chi connectivity index (χ3n) is 3.53. The summed E-state index contributed by atoms with van der Waals surface area (Å²) in [5.74, 6) is 2.21. The fourth-order valence-corrected chi connectivity index (χ4v) is 2.36. The van der Waals surface area contributed by atoms with Crippen LogP contribution in [0.5, 0.6) is 11.5 Å². The van der Waals surface area contributed by atoms with Gasteiger partial charge in [-0.2, -0.15) is 0 Å². The van der Waals surface area contributed by atoms with Crippen molar-refractivity contribution in [2.45, 2.75) is 19.4 Å². The lowest BCUT2D eigenvalue weighted by atomic mass is 9.99. The third kappa shape index (κ3) is 4.11. The minimum atomic E-state index is 0.629. The maximum atomic E-state index is 5.81. The fraction of sp³-hybridized carbons (Fsp3) is 0.600. The van der Waals surface area contributed by atoms with Crippen molar-refractivity contribution in [1.82, 2.24) is 5.32 Å². The molecule has 1 heterocycles. The molecule has 1 aliphatic rings. The van der Waals surface area contributed by atoms with Crippen molar-refractivity contribution < 1.29 is 14.2 Å². The number of ether oxygens (including phenoxy) is 3. The van der Waals surface area contributed by atoms with Gasteiger partial charge in [0.2, 0.25) is 0 Å². The summed E-state index contributed by atoms with van der Waals surface area (Å²) in [6.45, 7) is 3.70. The van der Waals surface area contributed by atoms with Gasteiger partial charge in [-0.15, -0.1) is 0 Å². The standard InChI is InChI=1S/C15H23NO3/c1-17-14-4-3-13(9-15(14)18-2)11-19-10-12-5-7-16-8-6-12/h3-4,9,12,16H,5-8,10-11H2,1-2H3. The van der Waals surface area contributed by atoms with Crippen LogP contribution in [0, 0.1) is 5.92 Å². The van der Waals surface area contributed by atoms with Gasteiger partial charge >= 0.3 is 0 Å². The molecule has 0 amide bonds. The van der Waals surface area contributed by atoms with Crippen LogP contribution >= 0.6 is 0 Å². The molecule has 1 aromatic carbocycles. The molecule has 0 unspecified atom stereocenters. The van der Waals surface area contributed by atoms with E-state index in [1.807, 2.05) is 18.2 Å². The van der Waals surface area contributed by atoms with Crippen LogP contribution in [0.3, 0.4) is 0 Å². The second-order valence-electron chi connectivity index (χ2n) is 4.90. The molecular weight excluding hydrogens is 242 g/mol. The molecule has 0 aliphatic carbocycles. The Morgan fingerprint density at radius 3 is 2.53 bits per heavy atom. The van der Waals surface area contributed by atoms with Crippen LogP contribution in [0.15, 0.2) is 18.2 Å². The van der Waals surface area contributed by atoms with Gasteiger partial charge in [0.25, 0.3) is 0 Å². The van der Waals surface area contributed by atoms with Gasteiger partial charge in [0, 0.05) is 6.61 Å². The van der Waals surface area contributed by atoms with Crippen LogP contribution in [0.25, 0.3) is 0 Å². The highest BCUT2D eigenvalue weighted by molar-refractivity contribution is 5.42. The first-order valence-corrected chi connectivity index (χ1v) is 6.83. The van der Waals surface area contributed by atoms with Gasteiger partial charge < -0.3 is 19.5 Å². The van der Waals surface area contributed by atoms with Gasteiger partial charge in [0.05, 0.1) is 20.8 Å². The zero-order chi connectivity index (χ0) is 13.5. The predicted molar refractivity (Wildman–Crippen MR) is 74.8 cm³/mol. The summed E-state index contributed by atoms with van der Waals surface area (Å²) in [6.07, 6.45) is 2.43. The Bertz CT molecular complexity index is 389. The number of nitrogens with one attached hydrogen (secondary N) is 1. The van der Waals surface area contributed by atoms with Crippen molar-refractivity contribution in [3.05, 3.63) is 23.8 Å². The number of hydrogen-bond donors (Lipinski definition) is 1. The summed E-state index contributed by atoms with van der Waals surface area (Å²) >= 11 is 0. The van der Waals surface area contributed by atoms with Crippen molar-refractivity contribution in [1.29, 1.82) is 0 Å². The first kappa shape index (κ1) is 14.2. The Morgan fingerprint density at radius 2 is 1.84 bits per heavy atom. The van der Waals surface area contributed by atoms with E-state index in [1.54, 1.807) is 14.2 Å². The Morgan fingerprint density at radius 1 is 1.11 bits per heavy atom. The van der Waals surface area contributed by atoms with E-state index < -0.39 is 0 Å². The molecule has 2 rings (SSSR count). The normalized spacial score (nSPS) is 16.3. The summed E-state index contributed by atoms with van der Waals surface area (Å²) < 4.78 is 16.3. The van der Waals surface area contributed by atoms with Crippen molar-refractivity contribution in [3.8, 4) is 11.5 Å². The van der Waals surface area contributed by atoms with Crippen molar-refractivity contribution in [2.75, 3.05) is 33.9 Å². The molecule has 19 heavy (non-hydrogen) atoms. The van der Waals surface area contributed by atoms with E-state index in [2.05, 4.69) is 5.32 Å². The SMILES string of the molecule is COc1ccc(COCC2CCNCC2)cc1OC. The Kier molecular flexibility index (Phi) is 5.48. The van der Waals surface area contributed by atoms with Crippen LogP contribution in [0.4, 0.5) is 0 Å². The van der Waals surface area contributed by atoms with E-state index >= 15 is 0 Å². The molecule has 4 nitrogen and oxygen atoms in total. The Labute approximate surface area is 115 Å². The van der Waals surface area contributed by atoms with Gasteiger partial charge in [-0.3, -0.25) is 0 Å². The molecule has 0 aromatic heterocycles. The van der Waals surface area contributed by atoms with E-state index in [-0.39, 0.29) is 0 Å². The molecule has 1 fully saturated rings. The van der Waals surface area contributed by atoms with Crippen LogP contribution in [-0.4, -0.2) is 33.9 Å². The number of rotatable bonds is 6. The number of methoxy groups -OCH3 is 2. The van der Waals surface area contributed by atoms with Gasteiger partial charge in [0.1, 0.15) is 0 Å². The lowest BCUT2D eigenvalue weighted by Crippen LogP contribution is -2.29. The predicted octanol–water partition coefficient (Wildman–Crippen LogP) is 2.22. The van der Waals surface area contributed by atoms with Crippen molar-refractivity contribution in [3.63, 3.8) is 0 Å². The highest BCUT2D eigenvalue weighted by Crippen LogP contribution is 2.27. The molecule has 0 saturated carbocycles. The lowest BCUT2D eigenvalue weighted by molar-refractivity contribution is 0.0762. The zero-order valence-corrected chi connectivity index (χ0v) is 11.8. The molecule has 1 N–H and O–H groups in total. The molecule has 0 radical (unpaired) electrons. The zero-order valence-electron chi connectivity index (χ0n) is 11.8. The average Bonchev–Trinajstić information content (AvgIpc) is 2.48. The summed E-state index contributed by atoms with van der Waals surface area (Å²) in [6, 6.07) is 5.91. The highest BCUT2D eigenvalue weighted by atomic mass is 16.5. The third-order valence-corrected chi connectivity index (χ3v) is 3.53. The van der Waals surface area contributed by atoms with E-state index in [4.69, 9.17) is 14.2 Å². The molecular formula is C15H23NO3. The minimum absolute atomic E-state index is 0.629. The van der Waals surface area contributed by atoms with Crippen LogP contribution in [-0.2, 0) is 11.3 Å². The maximum absolute atomic E-state index is 5.81. The second kappa shape index (κ2) is 7.36. The van der Waals surface area contributed by atoms with Gasteiger partial charge in [-0.25, -0.2) is 0 Å². The minimum Gasteiger partial charge on any atom is -0.493 e. The number of piperidine rings is 1. The van der Waals surface area contributed by atoms with E-state index in [0.29, 0.717) is 12.5 Å². The first-order chi connectivity index (χ1) is 9.33. The van der Waals surface area contributed by atoms with E-state index in [1.165, 1.54) is 12.8 Å². The lowest BCUT2D eigenvalue weighted by Gasteiger charge is -2.22. The smallest absolute Gasteiger partial charge is 0.161 e. The monoisotopic (exact) mass is 265 g/mol. The molecule has 0 bridgehead atoms. The van der Waals surface area contributed by atoms with Crippen molar-refractivity contribution in [2.24, 2.45) is 5.92 Å². The average molecular weight is 265 g/mol. The first-order valence-electron chi connectivity index (χ1n) is 6.83. The molecule has 1 saturated heterocycles. The van der Waals surface area contributed by atoms with Gasteiger partial charge in [0.15, 0.2) is 11.5 Å². The summed E-state index contributed by atoms with van der Waals surface area (Å²) in [5.41, 5.74) is 1.12. The fourth-order valence-electron chi connectivity index (χ4n) is 2.36. The van der Waals surface area contributed by atoms with Crippen LogP contribution < -0.4 is 14.8 Å². The van der Waals surface area contributed by atoms with E-state index in [0.717, 1.165) is 36.8 Å². The van der Waals surface area contributed by atoms with E-state index in [9.17, 15) is 0 Å². The summed E-state index contributed by atoms with van der Waals surface area (Å²) in [4.78, 5) is 0. The molecule has 106 valence electrons. The molecule has 1 aliphatic heterocycles. The highest BCUT2D eigenvalue weighted by Gasteiger charge is 2.13. The largest absolute Gasteiger partial charge is 0.493 e. The Balaban J connectivity index is 1.81. The number of benzene rings is 1. The number of hydrogen-bond acceptors (Lipinski definition) is 4. The second-order valence-corrected chi connectivity index (χ2v) is 4.90. The summed E-state index contributed by atoms with van der Waals surface area (Å²) in [7, 11) is 3.29. The topological polar surface area (TPSA) is 39.7 Å². The Hall–Kier alpha value is -1.26. The molecule has 1 aromatic rings. The van der Waals surface area contributed by atoms with Gasteiger partial charge in [-0.05, 0) is 49.5 Å².